The maximum Gasteiger partial charge on any atom is 0.417 e. The molecule has 1 heterocycles. The summed E-state index contributed by atoms with van der Waals surface area (Å²) in [6, 6.07) is 1.62. The molecular formula is C17H19F3N2O6S. The fourth-order valence-electron chi connectivity index (χ4n) is 4.28. The third-order valence-corrected chi connectivity index (χ3v) is 6.52. The molecule has 1 aromatic heterocycles. The van der Waals surface area contributed by atoms with Crippen LogP contribution in [0.1, 0.15) is 31.7 Å². The molecule has 29 heavy (non-hydrogen) atoms. The van der Waals surface area contributed by atoms with E-state index in [1.54, 1.807) is 0 Å². The molecule has 0 spiro atoms. The zero-order valence-corrected chi connectivity index (χ0v) is 15.9. The average Bonchev–Trinajstić information content (AvgIpc) is 2.89. The van der Waals surface area contributed by atoms with E-state index in [1.165, 1.54) is 6.92 Å². The monoisotopic (exact) mass is 436 g/mol. The van der Waals surface area contributed by atoms with Crippen molar-refractivity contribution in [3.8, 4) is 0 Å². The molecule has 4 N–H and O–H groups in total. The van der Waals surface area contributed by atoms with E-state index in [0.29, 0.717) is 12.3 Å². The van der Waals surface area contributed by atoms with Gasteiger partial charge >= 0.3 is 12.1 Å². The summed E-state index contributed by atoms with van der Waals surface area (Å²) in [4.78, 5) is 15.4. The van der Waals surface area contributed by atoms with Gasteiger partial charge in [0.1, 0.15) is 11.4 Å². The van der Waals surface area contributed by atoms with Crippen molar-refractivity contribution in [3.05, 3.63) is 35.5 Å². The van der Waals surface area contributed by atoms with Gasteiger partial charge in [0.25, 0.3) is 11.3 Å². The number of carboxylic acids is 1. The molecule has 0 radical (unpaired) electrons. The van der Waals surface area contributed by atoms with Crippen LogP contribution >= 0.6 is 0 Å². The van der Waals surface area contributed by atoms with Gasteiger partial charge in [0.2, 0.25) is 0 Å². The smallest absolute Gasteiger partial charge is 0.417 e. The van der Waals surface area contributed by atoms with Crippen molar-refractivity contribution >= 4 is 23.1 Å². The second-order valence-electron chi connectivity index (χ2n) is 7.47. The third-order valence-electron chi connectivity index (χ3n) is 5.60. The Morgan fingerprint density at radius 2 is 2.00 bits per heavy atom. The predicted octanol–water partition coefficient (Wildman–Crippen LogP) is 1.72. The molecular weight excluding hydrogens is 417 g/mol. The molecule has 0 aliphatic heterocycles. The Morgan fingerprint density at radius 1 is 1.34 bits per heavy atom. The molecule has 0 bridgehead atoms. The van der Waals surface area contributed by atoms with E-state index >= 15 is 0 Å². The van der Waals surface area contributed by atoms with Crippen LogP contribution in [0.4, 0.5) is 19.0 Å². The number of rotatable bonds is 4. The van der Waals surface area contributed by atoms with Crippen LogP contribution in [0.5, 0.6) is 0 Å². The van der Waals surface area contributed by atoms with Gasteiger partial charge < -0.3 is 15.3 Å². The van der Waals surface area contributed by atoms with E-state index in [1.807, 2.05) is 0 Å². The summed E-state index contributed by atoms with van der Waals surface area (Å²) in [5.74, 6) is -2.51. The number of aliphatic hydroxyl groups excluding tert-OH is 1. The Hall–Kier alpha value is -2.02. The number of fused-ring (bicyclic) bond motifs is 1. The Morgan fingerprint density at radius 3 is 2.48 bits per heavy atom. The standard InChI is InChI=1S/C17H19F3N2O6S/c1-15(6-9-2-4-12(23)16(9,26)11(7-15)14(24)25)22(29(27)28)13-5-3-10(8-21-13)17(18,19)20/h3,5,7-9,12,23,26H,2,4,6H2,1H3,(H,24,25)(H,27,28)/t9-,12-,15-,16+/m1/s1. The zero-order chi connectivity index (χ0) is 21.8. The first kappa shape index (κ1) is 21.7. The van der Waals surface area contributed by atoms with Crippen LogP contribution in [0.15, 0.2) is 30.0 Å². The normalized spacial score (nSPS) is 33.0. The van der Waals surface area contributed by atoms with Crippen molar-refractivity contribution in [3.63, 3.8) is 0 Å². The number of hydrogen-bond acceptors (Lipinski definition) is 5. The molecule has 1 saturated carbocycles. The van der Waals surface area contributed by atoms with Gasteiger partial charge in [0.05, 0.1) is 22.8 Å². The lowest BCUT2D eigenvalue weighted by Gasteiger charge is -2.47. The molecule has 3 rings (SSSR count). The summed E-state index contributed by atoms with van der Waals surface area (Å²) in [5.41, 5.74) is -5.06. The molecule has 8 nitrogen and oxygen atoms in total. The fourth-order valence-corrected chi connectivity index (χ4v) is 5.03. The van der Waals surface area contributed by atoms with Gasteiger partial charge in [-0.15, -0.1) is 0 Å². The summed E-state index contributed by atoms with van der Waals surface area (Å²) < 4.78 is 61.1. The fraction of sp³-hybridized carbons (Fsp3) is 0.529. The lowest BCUT2D eigenvalue weighted by Crippen LogP contribution is -2.58. The highest BCUT2D eigenvalue weighted by Gasteiger charge is 2.59. The van der Waals surface area contributed by atoms with Crippen LogP contribution in [0, 0.1) is 5.92 Å². The number of pyridine rings is 1. The lowest BCUT2D eigenvalue weighted by molar-refractivity contribution is -0.140. The van der Waals surface area contributed by atoms with Crippen molar-refractivity contribution in [1.29, 1.82) is 0 Å². The summed E-state index contributed by atoms with van der Waals surface area (Å²) in [7, 11) is 0. The molecule has 0 aromatic carbocycles. The van der Waals surface area contributed by atoms with Gasteiger partial charge in [-0.1, -0.05) is 0 Å². The first-order valence-electron chi connectivity index (χ1n) is 8.62. The molecule has 12 heteroatoms. The number of alkyl halides is 3. The van der Waals surface area contributed by atoms with E-state index in [2.05, 4.69) is 4.98 Å². The van der Waals surface area contributed by atoms with Crippen molar-refractivity contribution in [1.82, 2.24) is 4.98 Å². The molecule has 2 aliphatic carbocycles. The van der Waals surface area contributed by atoms with E-state index in [9.17, 15) is 42.0 Å². The van der Waals surface area contributed by atoms with Crippen LogP contribution in [-0.2, 0) is 22.2 Å². The summed E-state index contributed by atoms with van der Waals surface area (Å²) in [6.07, 6.45) is -3.99. The molecule has 1 unspecified atom stereocenters. The number of anilines is 1. The van der Waals surface area contributed by atoms with Crippen LogP contribution in [0.25, 0.3) is 0 Å². The van der Waals surface area contributed by atoms with Gasteiger partial charge in [-0.3, -0.25) is 4.55 Å². The van der Waals surface area contributed by atoms with Gasteiger partial charge in [0, 0.05) is 6.20 Å². The number of nitrogens with zero attached hydrogens (tertiary/aromatic N) is 2. The number of halogens is 3. The average molecular weight is 436 g/mol. The summed E-state index contributed by atoms with van der Waals surface area (Å²) in [5, 5.41) is 30.6. The van der Waals surface area contributed by atoms with Crippen LogP contribution < -0.4 is 4.31 Å². The van der Waals surface area contributed by atoms with Crippen molar-refractivity contribution < 1.29 is 42.0 Å². The second kappa shape index (κ2) is 7.04. The van der Waals surface area contributed by atoms with E-state index < -0.39 is 57.7 Å². The Bertz CT molecular complexity index is 877. The molecule has 160 valence electrons. The first-order valence-corrected chi connectivity index (χ1v) is 9.68. The molecule has 2 aliphatic rings. The largest absolute Gasteiger partial charge is 0.478 e. The highest BCUT2D eigenvalue weighted by molar-refractivity contribution is 7.80. The lowest BCUT2D eigenvalue weighted by atomic mass is 9.69. The molecule has 5 atom stereocenters. The van der Waals surface area contributed by atoms with Crippen molar-refractivity contribution in [2.45, 2.75) is 49.6 Å². The van der Waals surface area contributed by atoms with Gasteiger partial charge in [-0.05, 0) is 50.3 Å². The maximum atomic E-state index is 12.8. The van der Waals surface area contributed by atoms with Crippen molar-refractivity contribution in [2.24, 2.45) is 5.92 Å². The van der Waals surface area contributed by atoms with Gasteiger partial charge in [-0.2, -0.15) is 13.2 Å². The summed E-state index contributed by atoms with van der Waals surface area (Å²) in [6.45, 7) is 1.42. The minimum Gasteiger partial charge on any atom is -0.478 e. The molecule has 0 saturated heterocycles. The van der Waals surface area contributed by atoms with Crippen LogP contribution in [-0.4, -0.2) is 52.3 Å². The number of aliphatic hydroxyl groups is 2. The number of carbonyl (C=O) groups is 1. The number of aromatic nitrogens is 1. The summed E-state index contributed by atoms with van der Waals surface area (Å²) >= 11 is -2.77. The Kier molecular flexibility index (Phi) is 5.27. The minimum atomic E-state index is -4.64. The number of aliphatic carboxylic acids is 1. The highest BCUT2D eigenvalue weighted by atomic mass is 32.2. The Labute approximate surface area is 166 Å². The minimum absolute atomic E-state index is 0.0215. The van der Waals surface area contributed by atoms with E-state index in [4.69, 9.17) is 0 Å². The van der Waals surface area contributed by atoms with Crippen molar-refractivity contribution in [2.75, 3.05) is 4.31 Å². The molecule has 1 aromatic rings. The zero-order valence-electron chi connectivity index (χ0n) is 15.1. The molecule has 0 amide bonds. The van der Waals surface area contributed by atoms with Crippen LogP contribution in [0.2, 0.25) is 0 Å². The number of carboxylic acid groups (broad SMARTS) is 1. The Balaban J connectivity index is 2.10. The highest BCUT2D eigenvalue weighted by Crippen LogP contribution is 2.51. The first-order chi connectivity index (χ1) is 13.3. The maximum absolute atomic E-state index is 12.8. The van der Waals surface area contributed by atoms with Gasteiger partial charge in [-0.25, -0.2) is 18.3 Å². The second-order valence-corrected chi connectivity index (χ2v) is 8.29. The number of hydrogen-bond donors (Lipinski definition) is 4. The SMILES string of the molecule is C[C@]1(N(c2ccc(C(F)(F)F)cn2)S(=O)O)C=C(C(=O)O)[C@@]2(O)[C@H](CC[C@H]2O)C1. The predicted molar refractivity (Wildman–Crippen MR) is 94.9 cm³/mol. The van der Waals surface area contributed by atoms with Crippen LogP contribution in [0.3, 0.4) is 0 Å². The van der Waals surface area contributed by atoms with E-state index in [-0.39, 0.29) is 25.1 Å². The quantitative estimate of drug-likeness (QED) is 0.529. The van der Waals surface area contributed by atoms with E-state index in [0.717, 1.165) is 16.4 Å². The van der Waals surface area contributed by atoms with Gasteiger partial charge in [0.15, 0.2) is 0 Å². The third kappa shape index (κ3) is 3.54. The topological polar surface area (TPSA) is 131 Å². The molecule has 1 fully saturated rings.